The van der Waals surface area contributed by atoms with E-state index in [0.29, 0.717) is 75.1 Å². The molecule has 1 aromatic carbocycles. The van der Waals surface area contributed by atoms with E-state index in [1.54, 1.807) is 6.07 Å². The number of rotatable bonds is 3. The predicted octanol–water partition coefficient (Wildman–Crippen LogP) is 3.12. The van der Waals surface area contributed by atoms with Crippen LogP contribution in [0.3, 0.4) is 0 Å². The monoisotopic (exact) mass is 468 g/mol. The minimum atomic E-state index is -0.528. The molecule has 2 bridgehead atoms. The van der Waals surface area contributed by atoms with E-state index in [1.807, 2.05) is 0 Å². The van der Waals surface area contributed by atoms with Crippen LogP contribution in [0.25, 0.3) is 10.2 Å². The number of anilines is 2. The molecule has 3 aliphatic heterocycles. The maximum Gasteiger partial charge on any atom is 0.265 e. The van der Waals surface area contributed by atoms with Crippen LogP contribution in [-0.4, -0.2) is 45.2 Å². The number of nitrogens with one attached hydrogen (secondary N) is 1. The molecule has 4 aromatic rings. The highest BCUT2D eigenvalue weighted by Gasteiger charge is 2.44. The van der Waals surface area contributed by atoms with Crippen LogP contribution in [0.15, 0.2) is 35.4 Å². The van der Waals surface area contributed by atoms with Crippen molar-refractivity contribution in [2.75, 3.05) is 18.4 Å². The maximum atomic E-state index is 14.1. The van der Waals surface area contributed by atoms with Crippen LogP contribution < -0.4 is 20.3 Å². The van der Waals surface area contributed by atoms with Gasteiger partial charge in [0.2, 0.25) is 12.2 Å². The van der Waals surface area contributed by atoms with Crippen molar-refractivity contribution in [3.8, 4) is 5.75 Å². The molecule has 168 valence electrons. The number of carbonyl (C=O) groups is 1. The Kier molecular flexibility index (Phi) is 4.52. The standard InChI is InChI=1S/C21H18FN7O3S/c22-11-1-2-13-14(7-11)32-12-3-5-29(6-4-12,8-15-26-10-31-28-15)17-16-20(27-13)24-9-25-21(16)33-18(17)19(23)30/h1-2,7,9-10,12H,3-6,8H2,(H2-,23,24,25,27,30)/p+1. The van der Waals surface area contributed by atoms with Gasteiger partial charge in [-0.1, -0.05) is 5.16 Å². The number of halogens is 1. The van der Waals surface area contributed by atoms with Crippen LogP contribution in [0.2, 0.25) is 0 Å². The molecule has 0 saturated carbocycles. The van der Waals surface area contributed by atoms with Crippen LogP contribution in [0, 0.1) is 5.82 Å². The van der Waals surface area contributed by atoms with Crippen LogP contribution >= 0.6 is 11.3 Å². The summed E-state index contributed by atoms with van der Waals surface area (Å²) in [6.45, 7) is 1.67. The highest BCUT2D eigenvalue weighted by Crippen LogP contribution is 2.47. The lowest BCUT2D eigenvalue weighted by atomic mass is 10.0. The summed E-state index contributed by atoms with van der Waals surface area (Å²) in [6, 6.07) is 4.35. The number of hydrogen-bond acceptors (Lipinski definition) is 9. The highest BCUT2D eigenvalue weighted by atomic mass is 32.1. The Morgan fingerprint density at radius 2 is 2.12 bits per heavy atom. The Morgan fingerprint density at radius 3 is 2.88 bits per heavy atom. The van der Waals surface area contributed by atoms with Gasteiger partial charge in [0.05, 0.1) is 18.8 Å². The van der Waals surface area contributed by atoms with Gasteiger partial charge >= 0.3 is 0 Å². The molecule has 7 rings (SSSR count). The second-order valence-electron chi connectivity index (χ2n) is 8.23. The SMILES string of the molecule is NC(=O)c1sc2ncnc3c2c1[N+]1(Cc2ncon2)CCC(CC1)Oc1cc(F)ccc1N3. The number of nitrogens with two attached hydrogens (primary N) is 1. The van der Waals surface area contributed by atoms with E-state index in [1.165, 1.54) is 36.2 Å². The molecule has 0 radical (unpaired) electrons. The largest absolute Gasteiger partial charge is 0.488 e. The molecule has 0 aliphatic carbocycles. The second-order valence-corrected chi connectivity index (χ2v) is 9.23. The van der Waals surface area contributed by atoms with Crippen molar-refractivity contribution in [2.45, 2.75) is 25.5 Å². The molecule has 12 heteroatoms. The van der Waals surface area contributed by atoms with Crippen molar-refractivity contribution in [2.24, 2.45) is 5.73 Å². The highest BCUT2D eigenvalue weighted by molar-refractivity contribution is 7.21. The minimum Gasteiger partial charge on any atom is -0.488 e. The number of amides is 1. The van der Waals surface area contributed by atoms with Crippen LogP contribution in [0.5, 0.6) is 5.75 Å². The Bertz CT molecular complexity index is 1370. The molecule has 1 fully saturated rings. The zero-order valence-electron chi connectivity index (χ0n) is 17.3. The summed E-state index contributed by atoms with van der Waals surface area (Å²) in [5, 5.41) is 8.01. The number of primary amides is 1. The molecule has 6 heterocycles. The Labute approximate surface area is 190 Å². The third kappa shape index (κ3) is 3.29. The number of nitrogens with zero attached hydrogens (tertiary/aromatic N) is 5. The number of hydrogen-bond donors (Lipinski definition) is 2. The molecular weight excluding hydrogens is 449 g/mol. The van der Waals surface area contributed by atoms with Gasteiger partial charge in [-0.15, -0.1) is 11.3 Å². The molecule has 10 nitrogen and oxygen atoms in total. The number of thiophene rings is 1. The zero-order chi connectivity index (χ0) is 22.6. The zero-order valence-corrected chi connectivity index (χ0v) is 18.1. The summed E-state index contributed by atoms with van der Waals surface area (Å²) in [6.07, 6.45) is 3.94. The molecule has 1 amide bonds. The number of benzene rings is 1. The van der Waals surface area contributed by atoms with Gasteiger partial charge in [-0.3, -0.25) is 9.28 Å². The molecule has 3 N–H and O–H groups in total. The van der Waals surface area contributed by atoms with Gasteiger partial charge < -0.3 is 20.3 Å². The van der Waals surface area contributed by atoms with E-state index < -0.39 is 5.91 Å². The molecule has 0 unspecified atom stereocenters. The van der Waals surface area contributed by atoms with Gasteiger partial charge in [0.1, 0.15) is 46.6 Å². The first-order valence-corrected chi connectivity index (χ1v) is 11.3. The average molecular weight is 468 g/mol. The summed E-state index contributed by atoms with van der Waals surface area (Å²) in [4.78, 5) is 26.8. The number of aromatic nitrogens is 4. The van der Waals surface area contributed by atoms with Crippen molar-refractivity contribution >= 4 is 44.7 Å². The Morgan fingerprint density at radius 1 is 1.27 bits per heavy atom. The van der Waals surface area contributed by atoms with Gasteiger partial charge in [0, 0.05) is 18.9 Å². The molecule has 0 atom stereocenters. The van der Waals surface area contributed by atoms with Gasteiger partial charge in [-0.2, -0.15) is 4.98 Å². The summed E-state index contributed by atoms with van der Waals surface area (Å²) >= 11 is 1.24. The quantitative estimate of drug-likeness (QED) is 0.439. The van der Waals surface area contributed by atoms with Crippen LogP contribution in [0.1, 0.15) is 28.3 Å². The first-order chi connectivity index (χ1) is 16.0. The van der Waals surface area contributed by atoms with Gasteiger partial charge in [0.25, 0.3) is 5.91 Å². The Hall–Kier alpha value is -3.64. The van der Waals surface area contributed by atoms with Crippen molar-refractivity contribution < 1.29 is 18.4 Å². The van der Waals surface area contributed by atoms with E-state index in [-0.39, 0.29) is 11.9 Å². The number of fused-ring (bicyclic) bond motifs is 2. The van der Waals surface area contributed by atoms with Crippen LogP contribution in [0.4, 0.5) is 21.6 Å². The molecule has 33 heavy (non-hydrogen) atoms. The van der Waals surface area contributed by atoms with Crippen LogP contribution in [-0.2, 0) is 6.54 Å². The number of piperidine rings is 1. The molecule has 3 aliphatic rings. The van der Waals surface area contributed by atoms with E-state index in [2.05, 4.69) is 25.4 Å². The van der Waals surface area contributed by atoms with Gasteiger partial charge in [-0.25, -0.2) is 14.4 Å². The second kappa shape index (κ2) is 7.46. The molecule has 1 saturated heterocycles. The molecule has 3 aromatic heterocycles. The maximum absolute atomic E-state index is 14.1. The van der Waals surface area contributed by atoms with Crippen molar-refractivity contribution in [3.05, 3.63) is 47.4 Å². The number of ether oxygens (including phenoxy) is 1. The summed E-state index contributed by atoms with van der Waals surface area (Å²) in [7, 11) is 0. The molecular formula is C21H19FN7O3S+. The normalized spacial score (nSPS) is 21.7. The summed E-state index contributed by atoms with van der Waals surface area (Å²) < 4.78 is 25.6. The number of quaternary nitrogens is 1. The van der Waals surface area contributed by atoms with Crippen molar-refractivity contribution in [1.82, 2.24) is 24.6 Å². The summed E-state index contributed by atoms with van der Waals surface area (Å²) in [5.74, 6) is 0.518. The van der Waals surface area contributed by atoms with E-state index >= 15 is 0 Å². The topological polar surface area (TPSA) is 129 Å². The fourth-order valence-corrected chi connectivity index (χ4v) is 5.87. The lowest BCUT2D eigenvalue weighted by Gasteiger charge is -2.42. The third-order valence-electron chi connectivity index (χ3n) is 6.26. The number of carbonyl (C=O) groups excluding carboxylic acids is 1. The van der Waals surface area contributed by atoms with Crippen molar-refractivity contribution in [1.29, 1.82) is 0 Å². The first-order valence-electron chi connectivity index (χ1n) is 10.4. The lowest BCUT2D eigenvalue weighted by molar-refractivity contribution is 0.0947. The minimum absolute atomic E-state index is 0.123. The average Bonchev–Trinajstić information content (AvgIpc) is 3.44. The van der Waals surface area contributed by atoms with E-state index in [4.69, 9.17) is 15.0 Å². The Balaban J connectivity index is 1.64. The summed E-state index contributed by atoms with van der Waals surface area (Å²) in [5.41, 5.74) is 7.18. The lowest BCUT2D eigenvalue weighted by Crippen LogP contribution is -2.56. The fourth-order valence-electron chi connectivity index (χ4n) is 4.79. The predicted molar refractivity (Wildman–Crippen MR) is 119 cm³/mol. The third-order valence-corrected chi connectivity index (χ3v) is 7.36. The van der Waals surface area contributed by atoms with E-state index in [9.17, 15) is 9.18 Å². The van der Waals surface area contributed by atoms with Gasteiger partial charge in [-0.05, 0) is 12.1 Å². The fraction of sp³-hybridized carbons (Fsp3) is 0.286. The first kappa shape index (κ1) is 20.0. The molecule has 0 spiro atoms. The van der Waals surface area contributed by atoms with E-state index in [0.717, 1.165) is 5.69 Å². The van der Waals surface area contributed by atoms with Gasteiger partial charge in [0.15, 0.2) is 10.6 Å². The van der Waals surface area contributed by atoms with Crippen molar-refractivity contribution in [3.63, 3.8) is 0 Å². The smallest absolute Gasteiger partial charge is 0.265 e.